The van der Waals surface area contributed by atoms with Crippen LogP contribution in [-0.2, 0) is 11.3 Å². The standard InChI is InChI=1S/C20H22N4O2/c1-14-12-24(13-15(2)26-14)20(25)18-6-3-16(4-7-18)10-22-19-8-5-17(9-21)11-23-19/h3-8,11,14-15H,10,12-13H2,1-2H3,(H,22,23)/t14-,15-/m0/s1. The van der Waals surface area contributed by atoms with Gasteiger partial charge in [0.2, 0.25) is 0 Å². The fourth-order valence-corrected chi connectivity index (χ4v) is 3.05. The Morgan fingerprint density at radius 1 is 1.23 bits per heavy atom. The summed E-state index contributed by atoms with van der Waals surface area (Å²) in [5, 5.41) is 12.0. The number of carbonyl (C=O) groups is 1. The Hall–Kier alpha value is -2.91. The maximum Gasteiger partial charge on any atom is 0.254 e. The van der Waals surface area contributed by atoms with Crippen LogP contribution in [0.2, 0.25) is 0 Å². The predicted molar refractivity (Wildman–Crippen MR) is 98.6 cm³/mol. The number of pyridine rings is 1. The van der Waals surface area contributed by atoms with Gasteiger partial charge in [-0.25, -0.2) is 4.98 Å². The highest BCUT2D eigenvalue weighted by atomic mass is 16.5. The van der Waals surface area contributed by atoms with Gasteiger partial charge in [0.15, 0.2) is 0 Å². The molecule has 6 heteroatoms. The molecule has 1 aromatic heterocycles. The third-order valence-corrected chi connectivity index (χ3v) is 4.27. The van der Waals surface area contributed by atoms with Crippen molar-refractivity contribution in [3.8, 4) is 6.07 Å². The van der Waals surface area contributed by atoms with Crippen LogP contribution >= 0.6 is 0 Å². The van der Waals surface area contributed by atoms with E-state index < -0.39 is 0 Å². The van der Waals surface area contributed by atoms with Crippen molar-refractivity contribution >= 4 is 11.7 Å². The zero-order valence-corrected chi connectivity index (χ0v) is 15.0. The predicted octanol–water partition coefficient (Wildman–Crippen LogP) is 2.81. The minimum Gasteiger partial charge on any atom is -0.372 e. The number of ether oxygens (including phenoxy) is 1. The fraction of sp³-hybridized carbons (Fsp3) is 0.350. The Balaban J connectivity index is 1.59. The van der Waals surface area contributed by atoms with Crippen LogP contribution in [0.4, 0.5) is 5.82 Å². The summed E-state index contributed by atoms with van der Waals surface area (Å²) in [6.07, 6.45) is 1.66. The van der Waals surface area contributed by atoms with Crippen molar-refractivity contribution in [3.63, 3.8) is 0 Å². The molecule has 1 aliphatic rings. The van der Waals surface area contributed by atoms with Gasteiger partial charge in [-0.05, 0) is 43.7 Å². The van der Waals surface area contributed by atoms with Crippen LogP contribution in [0, 0.1) is 11.3 Å². The lowest BCUT2D eigenvalue weighted by atomic mass is 10.1. The number of aromatic nitrogens is 1. The van der Waals surface area contributed by atoms with E-state index in [9.17, 15) is 4.79 Å². The van der Waals surface area contributed by atoms with Gasteiger partial charge in [-0.15, -0.1) is 0 Å². The highest BCUT2D eigenvalue weighted by molar-refractivity contribution is 5.94. The summed E-state index contributed by atoms with van der Waals surface area (Å²) in [7, 11) is 0. The number of morpholine rings is 1. The van der Waals surface area contributed by atoms with Crippen molar-refractivity contribution in [3.05, 3.63) is 59.3 Å². The second kappa shape index (κ2) is 7.98. The lowest BCUT2D eigenvalue weighted by molar-refractivity contribution is -0.0586. The Morgan fingerprint density at radius 3 is 2.50 bits per heavy atom. The Morgan fingerprint density at radius 2 is 1.92 bits per heavy atom. The Bertz CT molecular complexity index is 786. The summed E-state index contributed by atoms with van der Waals surface area (Å²) in [4.78, 5) is 18.7. The molecule has 134 valence electrons. The van der Waals surface area contributed by atoms with E-state index in [2.05, 4.69) is 10.3 Å². The highest BCUT2D eigenvalue weighted by Gasteiger charge is 2.26. The zero-order chi connectivity index (χ0) is 18.5. The first-order valence-corrected chi connectivity index (χ1v) is 8.69. The van der Waals surface area contributed by atoms with Crippen molar-refractivity contribution in [2.24, 2.45) is 0 Å². The van der Waals surface area contributed by atoms with Gasteiger partial charge in [-0.3, -0.25) is 4.79 Å². The number of carbonyl (C=O) groups excluding carboxylic acids is 1. The Kier molecular flexibility index (Phi) is 5.49. The Labute approximate surface area is 153 Å². The van der Waals surface area contributed by atoms with E-state index in [1.165, 1.54) is 6.20 Å². The molecule has 3 rings (SSSR count). The molecule has 2 atom stereocenters. The number of nitrogens with one attached hydrogen (secondary N) is 1. The highest BCUT2D eigenvalue weighted by Crippen LogP contribution is 2.15. The minimum atomic E-state index is 0.0419. The van der Waals surface area contributed by atoms with E-state index in [4.69, 9.17) is 10.00 Å². The molecule has 6 nitrogen and oxygen atoms in total. The molecule has 1 amide bonds. The van der Waals surface area contributed by atoms with Gasteiger partial charge in [-0.1, -0.05) is 12.1 Å². The first-order valence-electron chi connectivity index (χ1n) is 8.69. The van der Waals surface area contributed by atoms with Gasteiger partial charge in [0.05, 0.1) is 17.8 Å². The molecule has 2 heterocycles. The zero-order valence-electron chi connectivity index (χ0n) is 15.0. The topological polar surface area (TPSA) is 78.3 Å². The molecule has 0 spiro atoms. The summed E-state index contributed by atoms with van der Waals surface area (Å²) >= 11 is 0. The van der Waals surface area contributed by atoms with Crippen molar-refractivity contribution < 1.29 is 9.53 Å². The van der Waals surface area contributed by atoms with Crippen LogP contribution in [0.3, 0.4) is 0 Å². The van der Waals surface area contributed by atoms with E-state index in [0.29, 0.717) is 36.6 Å². The number of hydrogen-bond acceptors (Lipinski definition) is 5. The largest absolute Gasteiger partial charge is 0.372 e. The first kappa shape index (κ1) is 17.9. The van der Waals surface area contributed by atoms with E-state index in [-0.39, 0.29) is 18.1 Å². The lowest BCUT2D eigenvalue weighted by Gasteiger charge is -2.35. The molecule has 0 aliphatic carbocycles. The number of rotatable bonds is 4. The van der Waals surface area contributed by atoms with Gasteiger partial charge < -0.3 is 15.0 Å². The van der Waals surface area contributed by atoms with Gasteiger partial charge in [0.1, 0.15) is 11.9 Å². The van der Waals surface area contributed by atoms with Crippen LogP contribution in [0.5, 0.6) is 0 Å². The van der Waals surface area contributed by atoms with Gasteiger partial charge in [0.25, 0.3) is 5.91 Å². The van der Waals surface area contributed by atoms with Crippen molar-refractivity contribution in [1.82, 2.24) is 9.88 Å². The smallest absolute Gasteiger partial charge is 0.254 e. The number of hydrogen-bond donors (Lipinski definition) is 1. The van der Waals surface area contributed by atoms with E-state index in [0.717, 1.165) is 5.56 Å². The molecule has 1 saturated heterocycles. The van der Waals surface area contributed by atoms with E-state index in [1.807, 2.05) is 49.1 Å². The maximum absolute atomic E-state index is 12.7. The fourth-order valence-electron chi connectivity index (χ4n) is 3.05. The molecule has 1 aromatic carbocycles. The number of anilines is 1. The first-order chi connectivity index (χ1) is 12.5. The average Bonchev–Trinajstić information content (AvgIpc) is 2.66. The summed E-state index contributed by atoms with van der Waals surface area (Å²) in [6.45, 7) is 5.82. The van der Waals surface area contributed by atoms with Crippen LogP contribution < -0.4 is 5.32 Å². The normalized spacial score (nSPS) is 19.7. The molecule has 1 N–H and O–H groups in total. The maximum atomic E-state index is 12.7. The molecular formula is C20H22N4O2. The van der Waals surface area contributed by atoms with Gasteiger partial charge >= 0.3 is 0 Å². The monoisotopic (exact) mass is 350 g/mol. The molecule has 0 radical (unpaired) electrons. The summed E-state index contributed by atoms with van der Waals surface area (Å²) in [5.41, 5.74) is 2.27. The van der Waals surface area contributed by atoms with Crippen LogP contribution in [0.1, 0.15) is 35.3 Å². The second-order valence-corrected chi connectivity index (χ2v) is 6.56. The molecule has 1 fully saturated rings. The third-order valence-electron chi connectivity index (χ3n) is 4.27. The van der Waals surface area contributed by atoms with Gasteiger partial charge in [0, 0.05) is 31.4 Å². The van der Waals surface area contributed by atoms with Gasteiger partial charge in [-0.2, -0.15) is 5.26 Å². The summed E-state index contributed by atoms with van der Waals surface area (Å²) < 4.78 is 5.68. The number of benzene rings is 1. The number of nitrogens with zero attached hydrogens (tertiary/aromatic N) is 3. The molecule has 0 unspecified atom stereocenters. The molecule has 2 aromatic rings. The molecule has 0 saturated carbocycles. The molecule has 26 heavy (non-hydrogen) atoms. The summed E-state index contributed by atoms with van der Waals surface area (Å²) in [5.74, 6) is 0.751. The SMILES string of the molecule is C[C@H]1CN(C(=O)c2ccc(CNc3ccc(C#N)cn3)cc2)C[C@H](C)O1. The van der Waals surface area contributed by atoms with Crippen molar-refractivity contribution in [2.75, 3.05) is 18.4 Å². The molecular weight excluding hydrogens is 328 g/mol. The van der Waals surface area contributed by atoms with Crippen molar-refractivity contribution in [1.29, 1.82) is 5.26 Å². The van der Waals surface area contributed by atoms with Crippen molar-refractivity contribution in [2.45, 2.75) is 32.6 Å². The number of nitriles is 1. The van der Waals surface area contributed by atoms with E-state index >= 15 is 0 Å². The molecule has 1 aliphatic heterocycles. The average molecular weight is 350 g/mol. The van der Waals surface area contributed by atoms with E-state index in [1.54, 1.807) is 12.1 Å². The number of amides is 1. The van der Waals surface area contributed by atoms with Crippen LogP contribution in [-0.4, -0.2) is 41.1 Å². The minimum absolute atomic E-state index is 0.0419. The molecule has 0 bridgehead atoms. The third kappa shape index (κ3) is 4.38. The van der Waals surface area contributed by atoms with Crippen LogP contribution in [0.15, 0.2) is 42.6 Å². The second-order valence-electron chi connectivity index (χ2n) is 6.56. The summed E-state index contributed by atoms with van der Waals surface area (Å²) in [6, 6.07) is 13.1. The lowest BCUT2D eigenvalue weighted by Crippen LogP contribution is -2.48. The quantitative estimate of drug-likeness (QED) is 0.917. The van der Waals surface area contributed by atoms with Crippen LogP contribution in [0.25, 0.3) is 0 Å².